The van der Waals surface area contributed by atoms with E-state index in [-0.39, 0.29) is 11.9 Å². The SMILES string of the molecule is CN(C)C(CNC(=O)c1csc(-c2ccc(Cl)cc2)n1)c1cccs1. The van der Waals surface area contributed by atoms with E-state index in [2.05, 4.69) is 21.3 Å². The molecule has 4 nitrogen and oxygen atoms in total. The first-order valence-corrected chi connectivity index (χ1v) is 9.88. The number of carbonyl (C=O) groups is 1. The Morgan fingerprint density at radius 2 is 2.00 bits per heavy atom. The standard InChI is InChI=1S/C18H18ClN3OS2/c1-22(2)15(16-4-3-9-24-16)10-20-17(23)14-11-25-18(21-14)12-5-7-13(19)8-6-12/h3-9,11,15H,10H2,1-2H3,(H,20,23). The van der Waals surface area contributed by atoms with Gasteiger partial charge < -0.3 is 10.2 Å². The summed E-state index contributed by atoms with van der Waals surface area (Å²) in [5.41, 5.74) is 1.40. The van der Waals surface area contributed by atoms with Crippen LogP contribution in [0.4, 0.5) is 0 Å². The van der Waals surface area contributed by atoms with Gasteiger partial charge in [0.25, 0.3) is 5.91 Å². The Kier molecular flexibility index (Phi) is 5.86. The summed E-state index contributed by atoms with van der Waals surface area (Å²) in [6.07, 6.45) is 0. The van der Waals surface area contributed by atoms with Crippen LogP contribution in [-0.2, 0) is 0 Å². The summed E-state index contributed by atoms with van der Waals surface area (Å²) in [6, 6.07) is 11.7. The molecule has 25 heavy (non-hydrogen) atoms. The fourth-order valence-electron chi connectivity index (χ4n) is 2.40. The number of aromatic nitrogens is 1. The van der Waals surface area contributed by atoms with Crippen LogP contribution in [0.5, 0.6) is 0 Å². The maximum atomic E-state index is 12.4. The third-order valence-corrected chi connectivity index (χ3v) is 5.90. The number of nitrogens with zero attached hydrogens (tertiary/aromatic N) is 2. The second-order valence-electron chi connectivity index (χ2n) is 5.75. The lowest BCUT2D eigenvalue weighted by Crippen LogP contribution is -2.34. The molecule has 2 heterocycles. The van der Waals surface area contributed by atoms with Gasteiger partial charge in [0.2, 0.25) is 0 Å². The van der Waals surface area contributed by atoms with E-state index in [4.69, 9.17) is 11.6 Å². The molecular formula is C18H18ClN3OS2. The van der Waals surface area contributed by atoms with Crippen molar-refractivity contribution in [3.63, 3.8) is 0 Å². The number of likely N-dealkylation sites (N-methyl/N-ethyl adjacent to an activating group) is 1. The number of thiazole rings is 1. The molecule has 3 rings (SSSR count). The van der Waals surface area contributed by atoms with Crippen LogP contribution in [0.15, 0.2) is 47.2 Å². The Morgan fingerprint density at radius 3 is 2.64 bits per heavy atom. The molecule has 0 radical (unpaired) electrons. The monoisotopic (exact) mass is 391 g/mol. The minimum atomic E-state index is -0.153. The molecule has 1 atom stereocenters. The minimum Gasteiger partial charge on any atom is -0.349 e. The largest absolute Gasteiger partial charge is 0.349 e. The summed E-state index contributed by atoms with van der Waals surface area (Å²) < 4.78 is 0. The number of benzene rings is 1. The van der Waals surface area contributed by atoms with Crippen LogP contribution < -0.4 is 5.32 Å². The van der Waals surface area contributed by atoms with E-state index in [1.54, 1.807) is 16.7 Å². The van der Waals surface area contributed by atoms with Gasteiger partial charge in [0.1, 0.15) is 10.7 Å². The highest BCUT2D eigenvalue weighted by atomic mass is 35.5. The lowest BCUT2D eigenvalue weighted by atomic mass is 10.2. The van der Waals surface area contributed by atoms with Crippen molar-refractivity contribution in [2.45, 2.75) is 6.04 Å². The van der Waals surface area contributed by atoms with Crippen molar-refractivity contribution in [3.8, 4) is 10.6 Å². The highest BCUT2D eigenvalue weighted by Gasteiger charge is 2.18. The molecule has 0 saturated heterocycles. The van der Waals surface area contributed by atoms with Crippen LogP contribution in [0.25, 0.3) is 10.6 Å². The zero-order chi connectivity index (χ0) is 17.8. The summed E-state index contributed by atoms with van der Waals surface area (Å²) in [5, 5.41) is 8.32. The predicted molar refractivity (Wildman–Crippen MR) is 106 cm³/mol. The van der Waals surface area contributed by atoms with Crippen molar-refractivity contribution in [1.29, 1.82) is 0 Å². The van der Waals surface area contributed by atoms with Crippen molar-refractivity contribution >= 4 is 40.2 Å². The Balaban J connectivity index is 1.66. The highest BCUT2D eigenvalue weighted by Crippen LogP contribution is 2.25. The molecule has 0 bridgehead atoms. The smallest absolute Gasteiger partial charge is 0.270 e. The van der Waals surface area contributed by atoms with Gasteiger partial charge in [-0.2, -0.15) is 0 Å². The molecule has 0 spiro atoms. The Hall–Kier alpha value is -1.73. The van der Waals surface area contributed by atoms with Crippen molar-refractivity contribution in [3.05, 3.63) is 62.8 Å². The molecule has 0 aliphatic carbocycles. The summed E-state index contributed by atoms with van der Waals surface area (Å²) >= 11 is 9.05. The van der Waals surface area contributed by atoms with Gasteiger partial charge in [0.05, 0.1) is 6.04 Å². The fraction of sp³-hybridized carbons (Fsp3) is 0.222. The number of thiophene rings is 1. The molecule has 0 aliphatic rings. The zero-order valence-electron chi connectivity index (χ0n) is 13.9. The molecule has 1 unspecified atom stereocenters. The summed E-state index contributed by atoms with van der Waals surface area (Å²) in [6.45, 7) is 0.542. The normalized spacial score (nSPS) is 12.3. The van der Waals surface area contributed by atoms with Gasteiger partial charge in [-0.25, -0.2) is 4.98 Å². The van der Waals surface area contributed by atoms with Crippen molar-refractivity contribution in [1.82, 2.24) is 15.2 Å². The van der Waals surface area contributed by atoms with Crippen molar-refractivity contribution < 1.29 is 4.79 Å². The van der Waals surface area contributed by atoms with E-state index in [1.165, 1.54) is 16.2 Å². The molecule has 1 aromatic carbocycles. The van der Waals surface area contributed by atoms with Crippen LogP contribution in [0.2, 0.25) is 5.02 Å². The summed E-state index contributed by atoms with van der Waals surface area (Å²) in [7, 11) is 4.02. The first kappa shape index (κ1) is 18.1. The number of hydrogen-bond acceptors (Lipinski definition) is 5. The number of nitrogens with one attached hydrogen (secondary N) is 1. The Bertz CT molecular complexity index is 828. The van der Waals surface area contributed by atoms with Crippen molar-refractivity contribution in [2.24, 2.45) is 0 Å². The third kappa shape index (κ3) is 4.46. The molecule has 0 fully saturated rings. The molecular weight excluding hydrogens is 374 g/mol. The number of amides is 1. The average molecular weight is 392 g/mol. The van der Waals surface area contributed by atoms with Gasteiger partial charge in [-0.15, -0.1) is 22.7 Å². The van der Waals surface area contributed by atoms with Crippen molar-refractivity contribution in [2.75, 3.05) is 20.6 Å². The van der Waals surface area contributed by atoms with E-state index in [0.717, 1.165) is 10.6 Å². The van der Waals surface area contributed by atoms with Gasteiger partial charge in [0, 0.05) is 27.4 Å². The molecule has 0 saturated carbocycles. The van der Waals surface area contributed by atoms with Crippen LogP contribution in [0.1, 0.15) is 21.4 Å². The fourth-order valence-corrected chi connectivity index (χ4v) is 4.26. The van der Waals surface area contributed by atoms with Gasteiger partial charge in [0.15, 0.2) is 0 Å². The molecule has 3 aromatic rings. The van der Waals surface area contributed by atoms with Crippen LogP contribution >= 0.6 is 34.3 Å². The lowest BCUT2D eigenvalue weighted by molar-refractivity contribution is 0.0938. The first-order valence-electron chi connectivity index (χ1n) is 7.74. The summed E-state index contributed by atoms with van der Waals surface area (Å²) in [4.78, 5) is 20.2. The maximum absolute atomic E-state index is 12.4. The lowest BCUT2D eigenvalue weighted by Gasteiger charge is -2.23. The van der Waals surface area contributed by atoms with E-state index >= 15 is 0 Å². The van der Waals surface area contributed by atoms with E-state index < -0.39 is 0 Å². The molecule has 1 N–H and O–H groups in total. The molecule has 2 aromatic heterocycles. The number of carbonyl (C=O) groups excluding carboxylic acids is 1. The van der Waals surface area contributed by atoms with Gasteiger partial charge in [-0.3, -0.25) is 4.79 Å². The number of halogens is 1. The number of rotatable bonds is 6. The Morgan fingerprint density at radius 1 is 1.24 bits per heavy atom. The van der Waals surface area contributed by atoms with Gasteiger partial charge >= 0.3 is 0 Å². The first-order chi connectivity index (χ1) is 12.0. The van der Waals surface area contributed by atoms with Crippen LogP contribution in [0.3, 0.4) is 0 Å². The second-order valence-corrected chi connectivity index (χ2v) is 8.02. The Labute approximate surface area is 160 Å². The van der Waals surface area contributed by atoms with Crippen LogP contribution in [-0.4, -0.2) is 36.4 Å². The topological polar surface area (TPSA) is 45.2 Å². The quantitative estimate of drug-likeness (QED) is 0.670. The molecule has 1 amide bonds. The average Bonchev–Trinajstić information content (AvgIpc) is 3.27. The van der Waals surface area contributed by atoms with Gasteiger partial charge in [-0.1, -0.05) is 29.8 Å². The predicted octanol–water partition coefficient (Wildman–Crippen LogP) is 4.56. The third-order valence-electron chi connectivity index (χ3n) is 3.78. The highest BCUT2D eigenvalue weighted by molar-refractivity contribution is 7.13. The minimum absolute atomic E-state index is 0.151. The molecule has 7 heteroatoms. The zero-order valence-corrected chi connectivity index (χ0v) is 16.3. The van der Waals surface area contributed by atoms with Crippen LogP contribution in [0, 0.1) is 0 Å². The van der Waals surface area contributed by atoms with E-state index in [9.17, 15) is 4.79 Å². The number of hydrogen-bond donors (Lipinski definition) is 1. The van der Waals surface area contributed by atoms with E-state index in [1.807, 2.05) is 49.8 Å². The summed E-state index contributed by atoms with van der Waals surface area (Å²) in [5.74, 6) is -0.153. The van der Waals surface area contributed by atoms with Gasteiger partial charge in [-0.05, 0) is 37.7 Å². The van der Waals surface area contributed by atoms with E-state index in [0.29, 0.717) is 17.3 Å². The maximum Gasteiger partial charge on any atom is 0.270 e. The molecule has 130 valence electrons. The molecule has 0 aliphatic heterocycles. The second kappa shape index (κ2) is 8.10.